The molecule has 2 aromatic carbocycles. The lowest BCUT2D eigenvalue weighted by Gasteiger charge is -2.12. The number of nitrogens with one attached hydrogen (secondary N) is 2. The third-order valence-corrected chi connectivity index (χ3v) is 4.69. The Morgan fingerprint density at radius 2 is 2.00 bits per heavy atom. The Labute approximate surface area is 176 Å². The summed E-state index contributed by atoms with van der Waals surface area (Å²) < 4.78 is 18.8. The number of carbonyl (C=O) groups is 1. The van der Waals surface area contributed by atoms with Crippen molar-refractivity contribution in [2.24, 2.45) is 0 Å². The van der Waals surface area contributed by atoms with Crippen LogP contribution in [0.15, 0.2) is 67.0 Å². The number of nitrogens with two attached hydrogens (primary N) is 1. The van der Waals surface area contributed by atoms with E-state index < -0.39 is 12.5 Å². The number of halogens is 1. The van der Waals surface area contributed by atoms with E-state index in [0.717, 1.165) is 5.56 Å². The van der Waals surface area contributed by atoms with Crippen molar-refractivity contribution in [2.75, 3.05) is 16.4 Å². The number of aryl methyl sites for hydroxylation is 1. The number of nitrogens with zero attached hydrogens (tertiary/aromatic N) is 2. The molecule has 2 aromatic heterocycles. The van der Waals surface area contributed by atoms with Gasteiger partial charge in [0.15, 0.2) is 0 Å². The molecule has 2 heterocycles. The predicted octanol–water partition coefficient (Wildman–Crippen LogP) is 5.27. The number of hydrogen-bond donors (Lipinski definition) is 3. The van der Waals surface area contributed by atoms with Gasteiger partial charge in [-0.2, -0.15) is 0 Å². The summed E-state index contributed by atoms with van der Waals surface area (Å²) >= 11 is 6.02. The molecular formula is C22H20ClN5O. The molecular weight excluding hydrogens is 386 g/mol. The Hall–Kier alpha value is -3.51. The molecule has 0 unspecified atom stereocenters. The topological polar surface area (TPSA) is 85.0 Å². The number of anilines is 3. The fourth-order valence-electron chi connectivity index (χ4n) is 3.04. The number of aromatic nitrogens is 2. The van der Waals surface area contributed by atoms with Gasteiger partial charge in [0, 0.05) is 35.0 Å². The number of nitrogen functional groups attached to an aromatic ring is 1. The fourth-order valence-corrected chi connectivity index (χ4v) is 3.21. The molecule has 4 aromatic rings. The average molecular weight is 408 g/mol. The van der Waals surface area contributed by atoms with Crippen LogP contribution in [0.4, 0.5) is 22.0 Å². The van der Waals surface area contributed by atoms with Gasteiger partial charge in [0.05, 0.1) is 13.9 Å². The van der Waals surface area contributed by atoms with Gasteiger partial charge in [-0.1, -0.05) is 23.7 Å². The summed E-state index contributed by atoms with van der Waals surface area (Å²) in [5, 5.41) is 6.86. The van der Waals surface area contributed by atoms with E-state index in [2.05, 4.69) is 15.6 Å². The Morgan fingerprint density at radius 1 is 1.17 bits per heavy atom. The third kappa shape index (κ3) is 4.17. The van der Waals surface area contributed by atoms with E-state index >= 15 is 0 Å². The van der Waals surface area contributed by atoms with Crippen molar-refractivity contribution in [2.45, 2.75) is 13.4 Å². The van der Waals surface area contributed by atoms with E-state index in [1.807, 2.05) is 13.0 Å². The highest BCUT2D eigenvalue weighted by Gasteiger charge is 2.10. The van der Waals surface area contributed by atoms with Crippen LogP contribution in [-0.4, -0.2) is 15.6 Å². The van der Waals surface area contributed by atoms with Gasteiger partial charge in [-0.15, -0.1) is 0 Å². The van der Waals surface area contributed by atoms with Crippen molar-refractivity contribution in [3.63, 3.8) is 0 Å². The molecule has 6 nitrogen and oxygen atoms in total. The van der Waals surface area contributed by atoms with Crippen LogP contribution in [-0.2, 0) is 6.50 Å². The number of amides is 2. The summed E-state index contributed by atoms with van der Waals surface area (Å²) in [5.41, 5.74) is 8.79. The number of urea groups is 1. The summed E-state index contributed by atoms with van der Waals surface area (Å²) in [5.74, 6) is 0.244. The molecule has 0 aliphatic rings. The van der Waals surface area contributed by atoms with Crippen LogP contribution >= 0.6 is 11.6 Å². The van der Waals surface area contributed by atoms with E-state index in [9.17, 15) is 4.79 Å². The lowest BCUT2D eigenvalue weighted by Crippen LogP contribution is -2.20. The lowest BCUT2D eigenvalue weighted by molar-refractivity contribution is 0.262. The molecule has 4 N–H and O–H groups in total. The quantitative estimate of drug-likeness (QED) is 0.430. The first kappa shape index (κ1) is 16.4. The van der Waals surface area contributed by atoms with Crippen LogP contribution < -0.4 is 16.4 Å². The zero-order chi connectivity index (χ0) is 22.2. The van der Waals surface area contributed by atoms with Crippen LogP contribution in [0.3, 0.4) is 0 Å². The predicted molar refractivity (Wildman–Crippen MR) is 119 cm³/mol. The zero-order valence-corrected chi connectivity index (χ0v) is 16.4. The van der Waals surface area contributed by atoms with Gasteiger partial charge in [-0.25, -0.2) is 9.78 Å². The van der Waals surface area contributed by atoms with E-state index in [0.29, 0.717) is 32.9 Å². The highest BCUT2D eigenvalue weighted by atomic mass is 35.5. The van der Waals surface area contributed by atoms with Crippen molar-refractivity contribution >= 4 is 45.7 Å². The van der Waals surface area contributed by atoms with Gasteiger partial charge in [0.1, 0.15) is 5.82 Å². The van der Waals surface area contributed by atoms with Gasteiger partial charge in [-0.3, -0.25) is 0 Å². The monoisotopic (exact) mass is 407 g/mol. The van der Waals surface area contributed by atoms with Crippen LogP contribution in [0.5, 0.6) is 0 Å². The second kappa shape index (κ2) is 7.85. The largest absolute Gasteiger partial charge is 0.384 e. The fraction of sp³-hybridized carbons (Fsp3) is 0.0909. The molecule has 7 heteroatoms. The van der Waals surface area contributed by atoms with Gasteiger partial charge in [0.25, 0.3) is 0 Å². The summed E-state index contributed by atoms with van der Waals surface area (Å²) in [4.78, 5) is 16.5. The van der Waals surface area contributed by atoms with Gasteiger partial charge < -0.3 is 20.9 Å². The maximum atomic E-state index is 12.6. The maximum absolute atomic E-state index is 12.6. The van der Waals surface area contributed by atoms with Crippen LogP contribution in [0, 0.1) is 6.92 Å². The van der Waals surface area contributed by atoms with Crippen LogP contribution in [0.2, 0.25) is 5.02 Å². The number of benzene rings is 2. The standard InChI is InChI=1S/C22H20ClN5O/c1-14-5-6-16(23)12-19(14)27-22(29)26-18-3-2-4-20-17(18)8-10-28(20)13-15-7-9-25-21(24)11-15/h2-12H,13H2,1H3,(H2,24,25)(H2,26,27,29)/i13D2. The van der Waals surface area contributed by atoms with Crippen LogP contribution in [0.1, 0.15) is 13.9 Å². The highest BCUT2D eigenvalue weighted by molar-refractivity contribution is 6.31. The van der Waals surface area contributed by atoms with Crippen molar-refractivity contribution in [1.82, 2.24) is 9.55 Å². The SMILES string of the molecule is [2H]C([2H])(c1ccnc(N)c1)n1ccc2c(NC(=O)Nc3cc(Cl)ccc3C)cccc21. The first-order valence-electron chi connectivity index (χ1n) is 9.92. The molecule has 146 valence electrons. The maximum Gasteiger partial charge on any atom is 0.323 e. The minimum Gasteiger partial charge on any atom is -0.384 e. The minimum atomic E-state index is -1.86. The van der Waals surface area contributed by atoms with E-state index in [1.165, 1.54) is 16.8 Å². The number of hydrogen-bond acceptors (Lipinski definition) is 3. The Balaban J connectivity index is 1.65. The summed E-state index contributed by atoms with van der Waals surface area (Å²) in [6.07, 6.45) is 3.12. The van der Waals surface area contributed by atoms with Crippen LogP contribution in [0.25, 0.3) is 10.9 Å². The number of rotatable bonds is 4. The molecule has 29 heavy (non-hydrogen) atoms. The molecule has 0 spiro atoms. The highest BCUT2D eigenvalue weighted by Crippen LogP contribution is 2.26. The van der Waals surface area contributed by atoms with E-state index in [4.69, 9.17) is 20.1 Å². The van der Waals surface area contributed by atoms with Crippen molar-refractivity contribution in [1.29, 1.82) is 0 Å². The van der Waals surface area contributed by atoms with Gasteiger partial charge in [0.2, 0.25) is 0 Å². The molecule has 0 saturated carbocycles. The summed E-state index contributed by atoms with van der Waals surface area (Å²) in [6.45, 7) is 0.0122. The normalized spacial score (nSPS) is 12.3. The molecule has 4 rings (SSSR count). The second-order valence-corrected chi connectivity index (χ2v) is 6.98. The number of pyridine rings is 1. The number of carbonyl (C=O) groups excluding carboxylic acids is 1. The summed E-state index contributed by atoms with van der Waals surface area (Å²) in [7, 11) is 0. The lowest BCUT2D eigenvalue weighted by atomic mass is 10.2. The van der Waals surface area contributed by atoms with Crippen molar-refractivity contribution in [3.8, 4) is 0 Å². The summed E-state index contributed by atoms with van der Waals surface area (Å²) in [6, 6.07) is 15.0. The van der Waals surface area contributed by atoms with E-state index in [-0.39, 0.29) is 5.82 Å². The molecule has 0 bridgehead atoms. The Morgan fingerprint density at radius 3 is 2.83 bits per heavy atom. The first-order valence-corrected chi connectivity index (χ1v) is 9.30. The minimum absolute atomic E-state index is 0.244. The first-order chi connectivity index (χ1) is 14.8. The van der Waals surface area contributed by atoms with Gasteiger partial charge >= 0.3 is 6.03 Å². The average Bonchev–Trinajstić information content (AvgIpc) is 3.17. The van der Waals surface area contributed by atoms with Crippen molar-refractivity contribution < 1.29 is 7.54 Å². The van der Waals surface area contributed by atoms with E-state index in [1.54, 1.807) is 48.7 Å². The molecule has 0 saturated heterocycles. The molecule has 0 radical (unpaired) electrons. The Bertz CT molecular complexity index is 1290. The third-order valence-electron chi connectivity index (χ3n) is 4.46. The molecule has 0 atom stereocenters. The molecule has 0 fully saturated rings. The Kier molecular flexibility index (Phi) is 4.45. The molecule has 2 amide bonds. The zero-order valence-electron chi connectivity index (χ0n) is 17.6. The van der Waals surface area contributed by atoms with Crippen molar-refractivity contribution in [3.05, 3.63) is 83.1 Å². The molecule has 0 aliphatic carbocycles. The number of fused-ring (bicyclic) bond motifs is 1. The second-order valence-electron chi connectivity index (χ2n) is 6.54. The smallest absolute Gasteiger partial charge is 0.323 e. The van der Waals surface area contributed by atoms with Gasteiger partial charge in [-0.05, 0) is 60.5 Å². The molecule has 0 aliphatic heterocycles.